The molecule has 0 spiro atoms. The minimum atomic E-state index is -0.319. The molecule has 22 heavy (non-hydrogen) atoms. The van der Waals surface area contributed by atoms with Gasteiger partial charge in [-0.3, -0.25) is 14.5 Å². The Morgan fingerprint density at radius 2 is 1.27 bits per heavy atom. The van der Waals surface area contributed by atoms with Gasteiger partial charge in [0, 0.05) is 30.0 Å². The summed E-state index contributed by atoms with van der Waals surface area (Å²) in [5.74, 6) is 0.427. The number of imide groups is 1. The number of allylic oxidation sites excluding steroid dienone is 2. The van der Waals surface area contributed by atoms with Gasteiger partial charge >= 0.3 is 0 Å². The van der Waals surface area contributed by atoms with Gasteiger partial charge in [-0.05, 0) is 12.1 Å². The molecule has 2 amide bonds. The van der Waals surface area contributed by atoms with Gasteiger partial charge in [0.05, 0.1) is 26.1 Å². The Bertz CT molecular complexity index is 665. The first kappa shape index (κ1) is 13.4. The van der Waals surface area contributed by atoms with Crippen molar-refractivity contribution >= 4 is 11.8 Å². The van der Waals surface area contributed by atoms with Crippen molar-refractivity contribution in [2.24, 2.45) is 11.8 Å². The van der Waals surface area contributed by atoms with Crippen molar-refractivity contribution in [3.05, 3.63) is 35.4 Å². The molecule has 0 saturated carbocycles. The molecule has 1 fully saturated rings. The normalized spacial score (nSPS) is 31.3. The zero-order valence-electron chi connectivity index (χ0n) is 12.7. The molecule has 1 aliphatic heterocycles. The van der Waals surface area contributed by atoms with Crippen LogP contribution in [0.1, 0.15) is 23.0 Å². The Kier molecular flexibility index (Phi) is 2.64. The first-order valence-corrected chi connectivity index (χ1v) is 7.34. The van der Waals surface area contributed by atoms with Gasteiger partial charge in [-0.2, -0.15) is 0 Å². The van der Waals surface area contributed by atoms with E-state index in [2.05, 4.69) is 0 Å². The molecule has 1 heterocycles. The molecular formula is C17H17NO4. The number of methoxy groups -OCH3 is 2. The smallest absolute Gasteiger partial charge is 0.233 e. The molecule has 0 radical (unpaired) electrons. The number of ether oxygens (including phenoxy) is 2. The van der Waals surface area contributed by atoms with Gasteiger partial charge in [0.25, 0.3) is 0 Å². The second kappa shape index (κ2) is 4.35. The topological polar surface area (TPSA) is 55.8 Å². The van der Waals surface area contributed by atoms with Gasteiger partial charge in [-0.15, -0.1) is 0 Å². The molecule has 1 aromatic carbocycles. The Hall–Kier alpha value is -2.30. The summed E-state index contributed by atoms with van der Waals surface area (Å²) in [5.41, 5.74) is 1.99. The molecule has 114 valence electrons. The van der Waals surface area contributed by atoms with Crippen LogP contribution in [0.3, 0.4) is 0 Å². The highest BCUT2D eigenvalue weighted by molar-refractivity contribution is 6.07. The summed E-state index contributed by atoms with van der Waals surface area (Å²) < 4.78 is 11.0. The highest BCUT2D eigenvalue weighted by Gasteiger charge is 2.58. The van der Waals surface area contributed by atoms with Crippen LogP contribution in [-0.2, 0) is 9.59 Å². The van der Waals surface area contributed by atoms with Gasteiger partial charge in [-0.1, -0.05) is 12.2 Å². The van der Waals surface area contributed by atoms with E-state index in [0.717, 1.165) is 22.6 Å². The van der Waals surface area contributed by atoms with Crippen LogP contribution >= 0.6 is 0 Å². The zero-order chi connectivity index (χ0) is 15.6. The minimum Gasteiger partial charge on any atom is -0.496 e. The van der Waals surface area contributed by atoms with Gasteiger partial charge in [0.2, 0.25) is 11.8 Å². The summed E-state index contributed by atoms with van der Waals surface area (Å²) in [4.78, 5) is 26.3. The lowest BCUT2D eigenvalue weighted by atomic mass is 9.60. The standard InChI is InChI=1S/C17H17NO4/c1-18-16(19)14-8-4-5-9(15(14)17(18)20)13-11(22-3)7-6-10(21-2)12(8)13/h4-9,14-15H,1-3H3/t8-,9+,14+,15-. The van der Waals surface area contributed by atoms with Crippen molar-refractivity contribution in [1.29, 1.82) is 0 Å². The summed E-state index contributed by atoms with van der Waals surface area (Å²) in [6, 6.07) is 3.73. The van der Waals surface area contributed by atoms with Crippen molar-refractivity contribution in [3.63, 3.8) is 0 Å². The first-order chi connectivity index (χ1) is 10.6. The van der Waals surface area contributed by atoms with Crippen LogP contribution in [0.2, 0.25) is 0 Å². The first-order valence-electron chi connectivity index (χ1n) is 7.34. The number of likely N-dealkylation sites (tertiary alicyclic amines) is 1. The lowest BCUT2D eigenvalue weighted by Gasteiger charge is -2.41. The second-order valence-electron chi connectivity index (χ2n) is 6.02. The van der Waals surface area contributed by atoms with E-state index in [4.69, 9.17) is 9.47 Å². The molecule has 5 nitrogen and oxygen atoms in total. The number of carbonyl (C=O) groups excluding carboxylic acids is 2. The SMILES string of the molecule is COc1ccc(OC)c2c1[C@H]1C=C[C@@H]2[C@H]2C(=O)N(C)C(=O)[C@H]21. The fourth-order valence-electron chi connectivity index (χ4n) is 4.29. The Labute approximate surface area is 128 Å². The molecule has 3 aliphatic carbocycles. The number of amides is 2. The lowest BCUT2D eigenvalue weighted by Crippen LogP contribution is -2.37. The fraction of sp³-hybridized carbons (Fsp3) is 0.412. The van der Waals surface area contributed by atoms with Crippen molar-refractivity contribution in [2.75, 3.05) is 21.3 Å². The molecule has 1 saturated heterocycles. The van der Waals surface area contributed by atoms with Gasteiger partial charge in [-0.25, -0.2) is 0 Å². The number of hydrogen-bond acceptors (Lipinski definition) is 4. The predicted octanol–water partition coefficient (Wildman–Crippen LogP) is 1.69. The Morgan fingerprint density at radius 3 is 1.64 bits per heavy atom. The van der Waals surface area contributed by atoms with Crippen LogP contribution in [0.15, 0.2) is 24.3 Å². The highest BCUT2D eigenvalue weighted by atomic mass is 16.5. The molecule has 4 aliphatic rings. The molecule has 2 bridgehead atoms. The second-order valence-corrected chi connectivity index (χ2v) is 6.02. The fourth-order valence-corrected chi connectivity index (χ4v) is 4.29. The van der Waals surface area contributed by atoms with E-state index in [0.29, 0.717) is 0 Å². The van der Waals surface area contributed by atoms with Gasteiger partial charge in [0.1, 0.15) is 11.5 Å². The monoisotopic (exact) mass is 299 g/mol. The maximum Gasteiger partial charge on any atom is 0.233 e. The molecular weight excluding hydrogens is 282 g/mol. The quantitative estimate of drug-likeness (QED) is 0.616. The number of nitrogens with zero attached hydrogens (tertiary/aromatic N) is 1. The van der Waals surface area contributed by atoms with Crippen LogP contribution in [0.5, 0.6) is 11.5 Å². The number of hydrogen-bond donors (Lipinski definition) is 0. The summed E-state index contributed by atoms with van der Waals surface area (Å²) in [6.45, 7) is 0. The third kappa shape index (κ3) is 1.39. The Balaban J connectivity index is 1.98. The average molecular weight is 299 g/mol. The summed E-state index contributed by atoms with van der Waals surface area (Å²) in [6.07, 6.45) is 4.08. The van der Waals surface area contributed by atoms with Crippen molar-refractivity contribution < 1.29 is 19.1 Å². The molecule has 0 N–H and O–H groups in total. The van der Waals surface area contributed by atoms with E-state index in [1.807, 2.05) is 24.3 Å². The van der Waals surface area contributed by atoms with Crippen LogP contribution in [0.4, 0.5) is 0 Å². The lowest BCUT2D eigenvalue weighted by molar-refractivity contribution is -0.138. The average Bonchev–Trinajstić information content (AvgIpc) is 2.80. The number of benzene rings is 1. The van der Waals surface area contributed by atoms with Gasteiger partial charge < -0.3 is 9.47 Å². The zero-order valence-corrected chi connectivity index (χ0v) is 12.7. The van der Waals surface area contributed by atoms with Crippen molar-refractivity contribution in [1.82, 2.24) is 4.90 Å². The highest BCUT2D eigenvalue weighted by Crippen LogP contribution is 2.59. The summed E-state index contributed by atoms with van der Waals surface area (Å²) >= 11 is 0. The van der Waals surface area contributed by atoms with E-state index in [1.54, 1.807) is 21.3 Å². The van der Waals surface area contributed by atoms with E-state index in [9.17, 15) is 9.59 Å². The predicted molar refractivity (Wildman–Crippen MR) is 78.9 cm³/mol. The molecule has 4 atom stereocenters. The molecule has 5 heteroatoms. The third-order valence-corrected chi connectivity index (χ3v) is 5.23. The molecule has 0 aromatic heterocycles. The van der Waals surface area contributed by atoms with Crippen molar-refractivity contribution in [3.8, 4) is 11.5 Å². The molecule has 1 aromatic rings. The van der Waals surface area contributed by atoms with Gasteiger partial charge in [0.15, 0.2) is 0 Å². The molecule has 5 rings (SSSR count). The van der Waals surface area contributed by atoms with Crippen LogP contribution < -0.4 is 9.47 Å². The minimum absolute atomic E-state index is 0.0927. The summed E-state index contributed by atoms with van der Waals surface area (Å²) in [5, 5.41) is 0. The maximum atomic E-state index is 12.5. The maximum absolute atomic E-state index is 12.5. The summed E-state index contributed by atoms with van der Waals surface area (Å²) in [7, 11) is 4.82. The van der Waals surface area contributed by atoms with E-state index >= 15 is 0 Å². The van der Waals surface area contributed by atoms with E-state index < -0.39 is 0 Å². The Morgan fingerprint density at radius 1 is 0.864 bits per heavy atom. The number of carbonyl (C=O) groups is 2. The van der Waals surface area contributed by atoms with Crippen molar-refractivity contribution in [2.45, 2.75) is 11.8 Å². The largest absolute Gasteiger partial charge is 0.496 e. The van der Waals surface area contributed by atoms with E-state index in [-0.39, 0.29) is 35.5 Å². The third-order valence-electron chi connectivity index (χ3n) is 5.23. The van der Waals surface area contributed by atoms with Crippen LogP contribution in [0, 0.1) is 11.8 Å². The van der Waals surface area contributed by atoms with Crippen LogP contribution in [-0.4, -0.2) is 38.0 Å². The van der Waals surface area contributed by atoms with E-state index in [1.165, 1.54) is 4.90 Å². The molecule has 0 unspecified atom stereocenters. The van der Waals surface area contributed by atoms with Crippen LogP contribution in [0.25, 0.3) is 0 Å². The number of rotatable bonds is 2.